The van der Waals surface area contributed by atoms with Gasteiger partial charge in [-0.05, 0) is 37.3 Å². The van der Waals surface area contributed by atoms with E-state index in [1.54, 1.807) is 0 Å². The van der Waals surface area contributed by atoms with Crippen molar-refractivity contribution >= 4 is 0 Å². The molecule has 1 rings (SSSR count). The summed E-state index contributed by atoms with van der Waals surface area (Å²) < 4.78 is 0. The molecule has 0 aliphatic carbocycles. The highest BCUT2D eigenvalue weighted by atomic mass is 14.7. The zero-order valence-corrected chi connectivity index (χ0v) is 9.09. The number of nitrogens with zero attached hydrogens (tertiary/aromatic N) is 1. The lowest BCUT2D eigenvalue weighted by atomic mass is 9.97. The lowest BCUT2D eigenvalue weighted by Gasteiger charge is -2.11. The zero-order chi connectivity index (χ0) is 9.84. The van der Waals surface area contributed by atoms with Gasteiger partial charge in [-0.15, -0.1) is 0 Å². The Morgan fingerprint density at radius 3 is 2.62 bits per heavy atom. The van der Waals surface area contributed by atoms with Crippen molar-refractivity contribution in [2.45, 2.75) is 46.5 Å². The molecule has 0 N–H and O–H groups in total. The van der Waals surface area contributed by atoms with E-state index in [1.807, 2.05) is 6.20 Å². The quantitative estimate of drug-likeness (QED) is 0.687. The van der Waals surface area contributed by atoms with Crippen LogP contribution in [0.3, 0.4) is 0 Å². The van der Waals surface area contributed by atoms with E-state index in [0.29, 0.717) is 5.92 Å². The molecule has 1 aromatic rings. The Balaban J connectivity index is 2.84. The van der Waals surface area contributed by atoms with Crippen LogP contribution in [0.4, 0.5) is 0 Å². The summed E-state index contributed by atoms with van der Waals surface area (Å²) in [7, 11) is 0. The zero-order valence-electron chi connectivity index (χ0n) is 9.09. The van der Waals surface area contributed by atoms with Gasteiger partial charge >= 0.3 is 0 Å². The van der Waals surface area contributed by atoms with Crippen molar-refractivity contribution in [3.8, 4) is 0 Å². The third-order valence-electron chi connectivity index (χ3n) is 2.65. The lowest BCUT2D eigenvalue weighted by molar-refractivity contribution is 0.661. The van der Waals surface area contributed by atoms with Crippen LogP contribution in [0.25, 0.3) is 0 Å². The fourth-order valence-electron chi connectivity index (χ4n) is 1.53. The second kappa shape index (κ2) is 4.40. The minimum absolute atomic E-state index is 0.650. The standard InChI is InChI=1S/C12H19N/c1-5-6-9(2)12-7-10(3)11(4)13-8-12/h7-9H,5-6H2,1-4H3. The number of hydrogen-bond donors (Lipinski definition) is 0. The summed E-state index contributed by atoms with van der Waals surface area (Å²) in [6, 6.07) is 2.27. The first kappa shape index (κ1) is 10.2. The first-order chi connectivity index (χ1) is 6.15. The minimum atomic E-state index is 0.650. The van der Waals surface area contributed by atoms with Gasteiger partial charge in [0.05, 0.1) is 0 Å². The SMILES string of the molecule is CCCC(C)c1cnc(C)c(C)c1. The van der Waals surface area contributed by atoms with E-state index in [4.69, 9.17) is 0 Å². The number of aryl methyl sites for hydroxylation is 2. The molecule has 0 fully saturated rings. The minimum Gasteiger partial charge on any atom is -0.261 e. The average Bonchev–Trinajstić information content (AvgIpc) is 2.10. The average molecular weight is 177 g/mol. The van der Waals surface area contributed by atoms with Gasteiger partial charge in [0.2, 0.25) is 0 Å². The maximum Gasteiger partial charge on any atom is 0.0401 e. The van der Waals surface area contributed by atoms with Gasteiger partial charge in [-0.25, -0.2) is 0 Å². The molecule has 0 aliphatic rings. The normalized spacial score (nSPS) is 12.9. The highest BCUT2D eigenvalue weighted by Crippen LogP contribution is 2.21. The first-order valence-corrected chi connectivity index (χ1v) is 5.08. The maximum absolute atomic E-state index is 4.38. The van der Waals surface area contributed by atoms with Gasteiger partial charge in [0.25, 0.3) is 0 Å². The Morgan fingerprint density at radius 1 is 1.38 bits per heavy atom. The van der Waals surface area contributed by atoms with Gasteiger partial charge in [-0.1, -0.05) is 26.3 Å². The molecule has 1 heterocycles. The van der Waals surface area contributed by atoms with Crippen LogP contribution >= 0.6 is 0 Å². The number of aromatic nitrogens is 1. The monoisotopic (exact) mass is 177 g/mol. The van der Waals surface area contributed by atoms with Gasteiger partial charge in [-0.3, -0.25) is 4.98 Å². The fourth-order valence-corrected chi connectivity index (χ4v) is 1.53. The van der Waals surface area contributed by atoms with Crippen molar-refractivity contribution in [3.63, 3.8) is 0 Å². The predicted octanol–water partition coefficient (Wildman–Crippen LogP) is 3.60. The molecule has 0 aliphatic heterocycles. The van der Waals surface area contributed by atoms with Crippen LogP contribution in [0, 0.1) is 13.8 Å². The summed E-state index contributed by atoms with van der Waals surface area (Å²) in [4.78, 5) is 4.38. The van der Waals surface area contributed by atoms with E-state index >= 15 is 0 Å². The Morgan fingerprint density at radius 2 is 2.08 bits per heavy atom. The largest absolute Gasteiger partial charge is 0.261 e. The summed E-state index contributed by atoms with van der Waals surface area (Å²) in [6.45, 7) is 8.69. The topological polar surface area (TPSA) is 12.9 Å². The molecule has 1 aromatic heterocycles. The van der Waals surface area contributed by atoms with Crippen LogP contribution in [0.2, 0.25) is 0 Å². The smallest absolute Gasteiger partial charge is 0.0401 e. The predicted molar refractivity (Wildman–Crippen MR) is 57.0 cm³/mol. The molecule has 72 valence electrons. The molecule has 1 heteroatoms. The van der Waals surface area contributed by atoms with Crippen LogP contribution in [0.15, 0.2) is 12.3 Å². The maximum atomic E-state index is 4.38. The van der Waals surface area contributed by atoms with Crippen molar-refractivity contribution in [1.82, 2.24) is 4.98 Å². The summed E-state index contributed by atoms with van der Waals surface area (Å²) >= 11 is 0. The second-order valence-corrected chi connectivity index (χ2v) is 3.86. The summed E-state index contributed by atoms with van der Waals surface area (Å²) in [6.07, 6.45) is 4.51. The van der Waals surface area contributed by atoms with Crippen LogP contribution in [0.1, 0.15) is 49.4 Å². The molecule has 1 atom stereocenters. The van der Waals surface area contributed by atoms with E-state index in [0.717, 1.165) is 5.69 Å². The van der Waals surface area contributed by atoms with Crippen molar-refractivity contribution in [2.75, 3.05) is 0 Å². The molecule has 0 amide bonds. The summed E-state index contributed by atoms with van der Waals surface area (Å²) in [5, 5.41) is 0. The summed E-state index contributed by atoms with van der Waals surface area (Å²) in [5.74, 6) is 0.650. The molecule has 0 radical (unpaired) electrons. The Kier molecular flexibility index (Phi) is 3.47. The highest BCUT2D eigenvalue weighted by molar-refractivity contribution is 5.25. The van der Waals surface area contributed by atoms with Crippen LogP contribution in [-0.2, 0) is 0 Å². The lowest BCUT2D eigenvalue weighted by Crippen LogP contribution is -1.96. The first-order valence-electron chi connectivity index (χ1n) is 5.08. The van der Waals surface area contributed by atoms with Gasteiger partial charge in [-0.2, -0.15) is 0 Å². The Labute approximate surface area is 81.2 Å². The van der Waals surface area contributed by atoms with Gasteiger partial charge in [0.15, 0.2) is 0 Å². The molecule has 1 nitrogen and oxygen atoms in total. The van der Waals surface area contributed by atoms with Crippen LogP contribution in [-0.4, -0.2) is 4.98 Å². The number of pyridine rings is 1. The molecular formula is C12H19N. The second-order valence-electron chi connectivity index (χ2n) is 3.86. The summed E-state index contributed by atoms with van der Waals surface area (Å²) in [5.41, 5.74) is 3.83. The van der Waals surface area contributed by atoms with Gasteiger partial charge in [0.1, 0.15) is 0 Å². The third-order valence-corrected chi connectivity index (χ3v) is 2.65. The van der Waals surface area contributed by atoms with Gasteiger partial charge < -0.3 is 0 Å². The Bertz CT molecular complexity index is 278. The number of rotatable bonds is 3. The number of hydrogen-bond acceptors (Lipinski definition) is 1. The fraction of sp³-hybridized carbons (Fsp3) is 0.583. The third kappa shape index (κ3) is 2.55. The highest BCUT2D eigenvalue weighted by Gasteiger charge is 2.05. The van der Waals surface area contributed by atoms with Crippen LogP contribution in [0.5, 0.6) is 0 Å². The van der Waals surface area contributed by atoms with E-state index in [1.165, 1.54) is 24.0 Å². The molecule has 0 bridgehead atoms. The van der Waals surface area contributed by atoms with Crippen molar-refractivity contribution in [3.05, 3.63) is 29.1 Å². The van der Waals surface area contributed by atoms with Gasteiger partial charge in [0, 0.05) is 11.9 Å². The van der Waals surface area contributed by atoms with Crippen molar-refractivity contribution < 1.29 is 0 Å². The Hall–Kier alpha value is -0.850. The van der Waals surface area contributed by atoms with E-state index in [9.17, 15) is 0 Å². The van der Waals surface area contributed by atoms with E-state index < -0.39 is 0 Å². The molecule has 0 saturated carbocycles. The molecule has 13 heavy (non-hydrogen) atoms. The molecular weight excluding hydrogens is 158 g/mol. The van der Waals surface area contributed by atoms with E-state index in [2.05, 4.69) is 38.7 Å². The molecule has 0 spiro atoms. The molecule has 1 unspecified atom stereocenters. The molecule has 0 saturated heterocycles. The van der Waals surface area contributed by atoms with E-state index in [-0.39, 0.29) is 0 Å². The van der Waals surface area contributed by atoms with Crippen LogP contribution < -0.4 is 0 Å². The van der Waals surface area contributed by atoms with Crippen molar-refractivity contribution in [1.29, 1.82) is 0 Å². The molecule has 0 aromatic carbocycles. The van der Waals surface area contributed by atoms with Crippen molar-refractivity contribution in [2.24, 2.45) is 0 Å².